The maximum atomic E-state index is 5.20. The maximum Gasteiger partial charge on any atom is 0.284 e. The molecule has 2 heterocycles. The van der Waals surface area contributed by atoms with E-state index in [2.05, 4.69) is 21.4 Å². The molecule has 0 fully saturated rings. The maximum absolute atomic E-state index is 5.20. The molecule has 0 atom stereocenters. The third-order valence-electron chi connectivity index (χ3n) is 3.02. The molecule has 0 unspecified atom stereocenters. The van der Waals surface area contributed by atoms with E-state index in [9.17, 15) is 0 Å². The molecular formula is C15H15N6+. The van der Waals surface area contributed by atoms with Crippen LogP contribution in [0.25, 0.3) is 16.9 Å². The molecule has 0 saturated heterocycles. The number of aromatic amines is 1. The first-order valence-electron chi connectivity index (χ1n) is 6.44. The number of hydrogen-bond acceptors (Lipinski definition) is 2. The van der Waals surface area contributed by atoms with Gasteiger partial charge in [-0.3, -0.25) is 0 Å². The van der Waals surface area contributed by atoms with Gasteiger partial charge in [0.05, 0.1) is 12.4 Å². The first-order chi connectivity index (χ1) is 10.2. The number of H-pyrrole nitrogens is 1. The van der Waals surface area contributed by atoms with E-state index in [0.29, 0.717) is 0 Å². The standard InChI is InChI=1S/C15H14N6/c16-15(17)20-18-9-11-4-6-12(7-5-11)13-10-21-8-2-1-3-14(21)19-13/h1-10H,(H4,16,17,20)/p+1/b18-9-. The van der Waals surface area contributed by atoms with Gasteiger partial charge in [-0.2, -0.15) is 5.10 Å². The minimum absolute atomic E-state index is 0.0574. The molecule has 0 aliphatic carbocycles. The summed E-state index contributed by atoms with van der Waals surface area (Å²) < 4.78 is 2.05. The van der Waals surface area contributed by atoms with Gasteiger partial charge in [-0.15, -0.1) is 5.10 Å². The summed E-state index contributed by atoms with van der Waals surface area (Å²) in [6.07, 6.45) is 5.66. The molecule has 0 aliphatic heterocycles. The Balaban J connectivity index is 1.86. The summed E-state index contributed by atoms with van der Waals surface area (Å²) >= 11 is 0. The summed E-state index contributed by atoms with van der Waals surface area (Å²) in [5.41, 5.74) is 14.5. The number of hydrogen-bond donors (Lipinski definition) is 3. The zero-order chi connectivity index (χ0) is 14.7. The van der Waals surface area contributed by atoms with E-state index < -0.39 is 0 Å². The van der Waals surface area contributed by atoms with E-state index in [1.807, 2.05) is 53.1 Å². The monoisotopic (exact) mass is 279 g/mol. The van der Waals surface area contributed by atoms with Gasteiger partial charge >= 0.3 is 0 Å². The lowest BCUT2D eigenvalue weighted by atomic mass is 10.1. The van der Waals surface area contributed by atoms with Gasteiger partial charge in [0.1, 0.15) is 6.20 Å². The van der Waals surface area contributed by atoms with Gasteiger partial charge in [-0.25, -0.2) is 9.38 Å². The Morgan fingerprint density at radius 3 is 2.62 bits per heavy atom. The quantitative estimate of drug-likeness (QED) is 0.289. The highest BCUT2D eigenvalue weighted by atomic mass is 15.3. The highest BCUT2D eigenvalue weighted by Gasteiger charge is 2.09. The lowest BCUT2D eigenvalue weighted by Crippen LogP contribution is -2.21. The number of pyridine rings is 1. The average Bonchev–Trinajstić information content (AvgIpc) is 2.91. The molecule has 0 radical (unpaired) electrons. The molecule has 21 heavy (non-hydrogen) atoms. The van der Waals surface area contributed by atoms with Gasteiger partial charge in [0.15, 0.2) is 5.69 Å². The molecule has 0 amide bonds. The fraction of sp³-hybridized carbons (Fsp3) is 0. The second kappa shape index (κ2) is 5.46. The summed E-state index contributed by atoms with van der Waals surface area (Å²) in [7, 11) is 0. The van der Waals surface area contributed by atoms with Crippen LogP contribution in [0.1, 0.15) is 5.56 Å². The van der Waals surface area contributed by atoms with Crippen molar-refractivity contribution in [3.63, 3.8) is 0 Å². The van der Waals surface area contributed by atoms with Crippen LogP contribution in [0.4, 0.5) is 0 Å². The first-order valence-corrected chi connectivity index (χ1v) is 6.44. The average molecular weight is 279 g/mol. The van der Waals surface area contributed by atoms with E-state index in [-0.39, 0.29) is 5.96 Å². The van der Waals surface area contributed by atoms with Crippen LogP contribution in [0.5, 0.6) is 0 Å². The SMILES string of the molecule is NC(N)=N/N=C\c1ccc(-c2c[n+]3ccccc3[nH]2)cc1. The predicted molar refractivity (Wildman–Crippen MR) is 82.8 cm³/mol. The highest BCUT2D eigenvalue weighted by molar-refractivity contribution is 5.82. The molecule has 6 nitrogen and oxygen atoms in total. The molecular weight excluding hydrogens is 264 g/mol. The number of aromatic nitrogens is 2. The van der Waals surface area contributed by atoms with Gasteiger partial charge in [-0.05, 0) is 23.8 Å². The first kappa shape index (κ1) is 12.9. The largest absolute Gasteiger partial charge is 0.369 e. The van der Waals surface area contributed by atoms with Crippen molar-refractivity contribution in [2.24, 2.45) is 21.7 Å². The van der Waals surface area contributed by atoms with Crippen LogP contribution in [0, 0.1) is 0 Å². The Labute approximate surface area is 121 Å². The van der Waals surface area contributed by atoms with Crippen LogP contribution in [-0.2, 0) is 0 Å². The van der Waals surface area contributed by atoms with Crippen molar-refractivity contribution < 1.29 is 4.40 Å². The molecule has 0 bridgehead atoms. The van der Waals surface area contributed by atoms with Crippen LogP contribution in [-0.4, -0.2) is 17.2 Å². The third-order valence-corrected chi connectivity index (χ3v) is 3.02. The van der Waals surface area contributed by atoms with Gasteiger partial charge in [0, 0.05) is 11.6 Å². The number of rotatable bonds is 3. The molecule has 3 aromatic rings. The molecule has 3 rings (SSSR count). The zero-order valence-corrected chi connectivity index (χ0v) is 11.3. The van der Waals surface area contributed by atoms with Crippen LogP contribution in [0.15, 0.2) is 65.1 Å². The van der Waals surface area contributed by atoms with Crippen LogP contribution in [0.2, 0.25) is 0 Å². The topological polar surface area (TPSA) is 96.7 Å². The minimum atomic E-state index is -0.0574. The lowest BCUT2D eigenvalue weighted by Gasteiger charge is -1.95. The fourth-order valence-electron chi connectivity index (χ4n) is 2.04. The van der Waals surface area contributed by atoms with Gasteiger partial charge in [0.25, 0.3) is 5.65 Å². The summed E-state index contributed by atoms with van der Waals surface area (Å²) in [4.78, 5) is 3.36. The van der Waals surface area contributed by atoms with Crippen LogP contribution >= 0.6 is 0 Å². The number of benzene rings is 1. The van der Waals surface area contributed by atoms with Crippen molar-refractivity contribution in [1.29, 1.82) is 0 Å². The van der Waals surface area contributed by atoms with E-state index in [0.717, 1.165) is 22.5 Å². The summed E-state index contributed by atoms with van der Waals surface area (Å²) in [6, 6.07) is 14.0. The Hall–Kier alpha value is -3.15. The zero-order valence-electron chi connectivity index (χ0n) is 11.3. The van der Waals surface area contributed by atoms with E-state index in [1.165, 1.54) is 0 Å². The lowest BCUT2D eigenvalue weighted by molar-refractivity contribution is -0.509. The van der Waals surface area contributed by atoms with Crippen molar-refractivity contribution in [2.75, 3.05) is 0 Å². The van der Waals surface area contributed by atoms with E-state index in [4.69, 9.17) is 11.5 Å². The minimum Gasteiger partial charge on any atom is -0.369 e. The second-order valence-corrected chi connectivity index (χ2v) is 4.55. The van der Waals surface area contributed by atoms with Gasteiger partial charge in [-0.1, -0.05) is 18.2 Å². The molecule has 6 heteroatoms. The van der Waals surface area contributed by atoms with Crippen molar-refractivity contribution in [1.82, 2.24) is 4.98 Å². The number of guanidine groups is 1. The number of fused-ring (bicyclic) bond motifs is 1. The molecule has 104 valence electrons. The van der Waals surface area contributed by atoms with Crippen LogP contribution < -0.4 is 15.9 Å². The summed E-state index contributed by atoms with van der Waals surface area (Å²) in [5.74, 6) is -0.0574. The highest BCUT2D eigenvalue weighted by Crippen LogP contribution is 2.16. The van der Waals surface area contributed by atoms with Crippen molar-refractivity contribution in [3.8, 4) is 11.3 Å². The predicted octanol–water partition coefficient (Wildman–Crippen LogP) is 1.03. The third kappa shape index (κ3) is 2.89. The van der Waals surface area contributed by atoms with Gasteiger partial charge < -0.3 is 11.5 Å². The Kier molecular flexibility index (Phi) is 3.34. The molecule has 0 aliphatic rings. The Morgan fingerprint density at radius 1 is 1.10 bits per heavy atom. The molecule has 2 aromatic heterocycles. The number of nitrogens with zero attached hydrogens (tertiary/aromatic N) is 3. The second-order valence-electron chi connectivity index (χ2n) is 4.55. The van der Waals surface area contributed by atoms with Gasteiger partial charge in [0.2, 0.25) is 5.96 Å². The number of nitrogens with two attached hydrogens (primary N) is 2. The summed E-state index contributed by atoms with van der Waals surface area (Å²) in [6.45, 7) is 0. The van der Waals surface area contributed by atoms with Crippen molar-refractivity contribution in [2.45, 2.75) is 0 Å². The summed E-state index contributed by atoms with van der Waals surface area (Å²) in [5, 5.41) is 7.34. The molecule has 0 spiro atoms. The molecule has 1 aromatic carbocycles. The Morgan fingerprint density at radius 2 is 1.90 bits per heavy atom. The molecule has 0 saturated carbocycles. The number of imidazole rings is 1. The normalized spacial score (nSPS) is 11.0. The van der Waals surface area contributed by atoms with Crippen molar-refractivity contribution in [3.05, 3.63) is 60.4 Å². The number of nitrogens with one attached hydrogen (secondary N) is 1. The van der Waals surface area contributed by atoms with E-state index >= 15 is 0 Å². The molecule has 5 N–H and O–H groups in total. The fourth-order valence-corrected chi connectivity index (χ4v) is 2.04. The smallest absolute Gasteiger partial charge is 0.284 e. The van der Waals surface area contributed by atoms with E-state index in [1.54, 1.807) is 6.21 Å². The van der Waals surface area contributed by atoms with Crippen molar-refractivity contribution >= 4 is 17.8 Å². The Bertz CT molecular complexity index is 777. The van der Waals surface area contributed by atoms with Crippen LogP contribution in [0.3, 0.4) is 0 Å².